The molecule has 0 bridgehead atoms. The highest BCUT2D eigenvalue weighted by Gasteiger charge is 1.99. The molecule has 1 aromatic carbocycles. The Morgan fingerprint density at radius 1 is 1.27 bits per heavy atom. The smallest absolute Gasteiger partial charge is 0.00391 e. The molecule has 1 aromatic rings. The van der Waals surface area contributed by atoms with Crippen molar-refractivity contribution in [3.05, 3.63) is 35.9 Å². The van der Waals surface area contributed by atoms with E-state index in [0.717, 1.165) is 18.7 Å². The first-order chi connectivity index (χ1) is 7.33. The third-order valence-corrected chi connectivity index (χ3v) is 2.86. The van der Waals surface area contributed by atoms with Crippen LogP contribution in [0.4, 0.5) is 0 Å². The summed E-state index contributed by atoms with van der Waals surface area (Å²) in [7, 11) is 0. The number of hydrogen-bond donors (Lipinski definition) is 2. The molecule has 0 fully saturated rings. The maximum Gasteiger partial charge on any atom is 0.00391 e. The Balaban J connectivity index is 2.11. The SMILES string of the molecule is CC(CCCS)NCCc1ccccc1. The number of nitrogens with one attached hydrogen (secondary N) is 1. The fraction of sp³-hybridized carbons (Fsp3) is 0.538. The molecule has 1 nitrogen and oxygen atoms in total. The summed E-state index contributed by atoms with van der Waals surface area (Å²) in [5.41, 5.74) is 1.41. The van der Waals surface area contributed by atoms with Gasteiger partial charge in [-0.2, -0.15) is 12.6 Å². The van der Waals surface area contributed by atoms with Crippen LogP contribution in [0.2, 0.25) is 0 Å². The molecule has 15 heavy (non-hydrogen) atoms. The fourth-order valence-electron chi connectivity index (χ4n) is 1.61. The van der Waals surface area contributed by atoms with Gasteiger partial charge in [-0.15, -0.1) is 0 Å². The lowest BCUT2D eigenvalue weighted by Crippen LogP contribution is -2.28. The molecule has 1 unspecified atom stereocenters. The monoisotopic (exact) mass is 223 g/mol. The van der Waals surface area contributed by atoms with Crippen LogP contribution in [0, 0.1) is 0 Å². The van der Waals surface area contributed by atoms with Crippen molar-refractivity contribution >= 4 is 12.6 Å². The van der Waals surface area contributed by atoms with Crippen LogP contribution in [0.25, 0.3) is 0 Å². The number of benzene rings is 1. The molecule has 0 aliphatic rings. The Labute approximate surface area is 98.7 Å². The first-order valence-corrected chi connectivity index (χ1v) is 6.34. The topological polar surface area (TPSA) is 12.0 Å². The van der Waals surface area contributed by atoms with Crippen LogP contribution >= 0.6 is 12.6 Å². The third kappa shape index (κ3) is 5.85. The van der Waals surface area contributed by atoms with E-state index in [4.69, 9.17) is 0 Å². The van der Waals surface area contributed by atoms with Gasteiger partial charge < -0.3 is 5.32 Å². The van der Waals surface area contributed by atoms with Gasteiger partial charge in [-0.3, -0.25) is 0 Å². The molecule has 0 aliphatic carbocycles. The lowest BCUT2D eigenvalue weighted by molar-refractivity contribution is 0.514. The maximum atomic E-state index is 4.22. The van der Waals surface area contributed by atoms with E-state index in [9.17, 15) is 0 Å². The second-order valence-corrected chi connectivity index (χ2v) is 4.40. The van der Waals surface area contributed by atoms with Gasteiger partial charge in [-0.05, 0) is 44.0 Å². The van der Waals surface area contributed by atoms with Crippen LogP contribution in [0.15, 0.2) is 30.3 Å². The van der Waals surface area contributed by atoms with Gasteiger partial charge in [0.25, 0.3) is 0 Å². The van der Waals surface area contributed by atoms with Crippen LogP contribution in [0.3, 0.4) is 0 Å². The zero-order valence-corrected chi connectivity index (χ0v) is 10.3. The van der Waals surface area contributed by atoms with Crippen molar-refractivity contribution in [2.75, 3.05) is 12.3 Å². The fourth-order valence-corrected chi connectivity index (χ4v) is 1.79. The van der Waals surface area contributed by atoms with Gasteiger partial charge >= 0.3 is 0 Å². The Morgan fingerprint density at radius 3 is 2.67 bits per heavy atom. The number of hydrogen-bond acceptors (Lipinski definition) is 2. The number of rotatable bonds is 7. The van der Waals surface area contributed by atoms with E-state index in [0.29, 0.717) is 6.04 Å². The first kappa shape index (κ1) is 12.6. The molecule has 0 aromatic heterocycles. The molecular weight excluding hydrogens is 202 g/mol. The molecule has 0 amide bonds. The lowest BCUT2D eigenvalue weighted by atomic mass is 10.1. The normalized spacial score (nSPS) is 12.7. The molecule has 84 valence electrons. The van der Waals surface area contributed by atoms with Gasteiger partial charge in [0.2, 0.25) is 0 Å². The van der Waals surface area contributed by atoms with Crippen LogP contribution in [0.1, 0.15) is 25.3 Å². The molecule has 2 heteroatoms. The van der Waals surface area contributed by atoms with Crippen LogP contribution in [0.5, 0.6) is 0 Å². The summed E-state index contributed by atoms with van der Waals surface area (Å²) in [5.74, 6) is 0.991. The molecule has 0 saturated carbocycles. The molecule has 0 heterocycles. The van der Waals surface area contributed by atoms with E-state index in [-0.39, 0.29) is 0 Å². The minimum absolute atomic E-state index is 0.612. The van der Waals surface area contributed by atoms with E-state index in [2.05, 4.69) is 55.2 Å². The summed E-state index contributed by atoms with van der Waals surface area (Å²) in [5, 5.41) is 3.53. The zero-order chi connectivity index (χ0) is 10.9. The molecular formula is C13H21NS. The highest BCUT2D eigenvalue weighted by Crippen LogP contribution is 2.00. The van der Waals surface area contributed by atoms with Crippen molar-refractivity contribution < 1.29 is 0 Å². The minimum atomic E-state index is 0.612. The number of thiol groups is 1. The van der Waals surface area contributed by atoms with E-state index in [1.54, 1.807) is 0 Å². The van der Waals surface area contributed by atoms with E-state index in [1.165, 1.54) is 18.4 Å². The molecule has 1 rings (SSSR count). The van der Waals surface area contributed by atoms with Crippen molar-refractivity contribution in [2.24, 2.45) is 0 Å². The summed E-state index contributed by atoms with van der Waals surface area (Å²) in [6.45, 7) is 3.31. The predicted octanol–water partition coefficient (Wildman–Crippen LogP) is 2.92. The average Bonchev–Trinajstić information content (AvgIpc) is 2.28. The van der Waals surface area contributed by atoms with Gasteiger partial charge in [-0.25, -0.2) is 0 Å². The van der Waals surface area contributed by atoms with E-state index in [1.807, 2.05) is 0 Å². The van der Waals surface area contributed by atoms with Crippen molar-refractivity contribution in [3.8, 4) is 0 Å². The average molecular weight is 223 g/mol. The summed E-state index contributed by atoms with van der Waals surface area (Å²) < 4.78 is 0. The summed E-state index contributed by atoms with van der Waals surface area (Å²) in [6, 6.07) is 11.2. The molecule has 0 saturated heterocycles. The molecule has 0 aliphatic heterocycles. The lowest BCUT2D eigenvalue weighted by Gasteiger charge is -2.12. The quantitative estimate of drug-likeness (QED) is 0.677. The van der Waals surface area contributed by atoms with Gasteiger partial charge in [0.1, 0.15) is 0 Å². The zero-order valence-electron chi connectivity index (χ0n) is 9.45. The van der Waals surface area contributed by atoms with E-state index >= 15 is 0 Å². The van der Waals surface area contributed by atoms with Crippen molar-refractivity contribution in [1.82, 2.24) is 5.32 Å². The Bertz CT molecular complexity index is 248. The predicted molar refractivity (Wildman–Crippen MR) is 70.7 cm³/mol. The summed E-state index contributed by atoms with van der Waals surface area (Å²) in [4.78, 5) is 0. The maximum absolute atomic E-state index is 4.22. The molecule has 1 atom stereocenters. The Morgan fingerprint density at radius 2 is 2.00 bits per heavy atom. The second kappa shape index (κ2) is 7.77. The van der Waals surface area contributed by atoms with Gasteiger partial charge in [0.05, 0.1) is 0 Å². The Hall–Kier alpha value is -0.470. The molecule has 0 radical (unpaired) electrons. The largest absolute Gasteiger partial charge is 0.314 e. The van der Waals surface area contributed by atoms with Gasteiger partial charge in [0.15, 0.2) is 0 Å². The van der Waals surface area contributed by atoms with Crippen molar-refractivity contribution in [2.45, 2.75) is 32.2 Å². The van der Waals surface area contributed by atoms with Crippen LogP contribution in [-0.4, -0.2) is 18.3 Å². The van der Waals surface area contributed by atoms with E-state index < -0.39 is 0 Å². The summed E-state index contributed by atoms with van der Waals surface area (Å²) in [6.07, 6.45) is 3.53. The molecule has 1 N–H and O–H groups in total. The Kier molecular flexibility index (Phi) is 6.53. The summed E-state index contributed by atoms with van der Waals surface area (Å²) >= 11 is 4.22. The van der Waals surface area contributed by atoms with Gasteiger partial charge in [-0.1, -0.05) is 30.3 Å². The first-order valence-electron chi connectivity index (χ1n) is 5.71. The standard InChI is InChI=1S/C13H21NS/c1-12(6-5-11-15)14-10-9-13-7-3-2-4-8-13/h2-4,7-8,12,14-15H,5-6,9-11H2,1H3. The minimum Gasteiger partial charge on any atom is -0.314 e. The highest BCUT2D eigenvalue weighted by atomic mass is 32.1. The molecule has 0 spiro atoms. The van der Waals surface area contributed by atoms with Crippen molar-refractivity contribution in [1.29, 1.82) is 0 Å². The van der Waals surface area contributed by atoms with Crippen molar-refractivity contribution in [3.63, 3.8) is 0 Å². The third-order valence-electron chi connectivity index (χ3n) is 2.54. The highest BCUT2D eigenvalue weighted by molar-refractivity contribution is 7.80. The van der Waals surface area contributed by atoms with Crippen LogP contribution < -0.4 is 5.32 Å². The second-order valence-electron chi connectivity index (χ2n) is 3.96. The van der Waals surface area contributed by atoms with Crippen LogP contribution in [-0.2, 0) is 6.42 Å². The van der Waals surface area contributed by atoms with Gasteiger partial charge in [0, 0.05) is 6.04 Å².